The van der Waals surface area contributed by atoms with Gasteiger partial charge in [0.2, 0.25) is 0 Å². The third kappa shape index (κ3) is 5.08. The molecule has 0 radical (unpaired) electrons. The van der Waals surface area contributed by atoms with Crippen LogP contribution < -0.4 is 5.32 Å². The zero-order valence-electron chi connectivity index (χ0n) is 17.5. The number of hydrogen-bond donors (Lipinski definition) is 1. The molecule has 2 heterocycles. The predicted octanol–water partition coefficient (Wildman–Crippen LogP) is 4.55. The normalized spacial score (nSPS) is 32.0. The van der Waals surface area contributed by atoms with Gasteiger partial charge in [-0.1, -0.05) is 44.2 Å². The summed E-state index contributed by atoms with van der Waals surface area (Å²) in [6, 6.07) is 9.85. The first-order valence-corrected chi connectivity index (χ1v) is 11.3. The molecular weight excluding hydrogens is 348 g/mol. The van der Waals surface area contributed by atoms with Gasteiger partial charge < -0.3 is 15.0 Å². The number of ether oxygens (including phenoxy) is 1. The molecule has 1 aromatic carbocycles. The van der Waals surface area contributed by atoms with Gasteiger partial charge in [0.05, 0.1) is 0 Å². The Bertz CT molecular complexity index is 641. The Morgan fingerprint density at radius 3 is 2.25 bits per heavy atom. The number of carbonyl (C=O) groups is 1. The second-order valence-corrected chi connectivity index (χ2v) is 9.56. The minimum Gasteiger partial charge on any atom is -0.445 e. The van der Waals surface area contributed by atoms with Crippen molar-refractivity contribution in [2.24, 2.45) is 35.5 Å². The van der Waals surface area contributed by atoms with Crippen LogP contribution in [0.1, 0.15) is 45.1 Å². The average molecular weight is 385 g/mol. The highest BCUT2D eigenvalue weighted by atomic mass is 16.6. The van der Waals surface area contributed by atoms with E-state index < -0.39 is 0 Å². The minimum absolute atomic E-state index is 0.154. The molecule has 2 saturated carbocycles. The van der Waals surface area contributed by atoms with Gasteiger partial charge in [-0.3, -0.25) is 0 Å². The van der Waals surface area contributed by atoms with Crippen LogP contribution in [0.25, 0.3) is 0 Å². The summed E-state index contributed by atoms with van der Waals surface area (Å²) < 4.78 is 5.40. The fourth-order valence-corrected chi connectivity index (χ4v) is 5.08. The first-order chi connectivity index (χ1) is 13.6. The molecular formula is C24H36N2O2. The van der Waals surface area contributed by atoms with E-state index in [-0.39, 0.29) is 6.09 Å². The highest BCUT2D eigenvalue weighted by Crippen LogP contribution is 2.44. The maximum Gasteiger partial charge on any atom is 0.410 e. The monoisotopic (exact) mass is 384 g/mol. The molecule has 1 aromatic rings. The number of nitrogens with zero attached hydrogens (tertiary/aromatic N) is 1. The van der Waals surface area contributed by atoms with Gasteiger partial charge >= 0.3 is 6.09 Å². The first-order valence-electron chi connectivity index (χ1n) is 11.3. The summed E-state index contributed by atoms with van der Waals surface area (Å²) >= 11 is 0. The summed E-state index contributed by atoms with van der Waals surface area (Å²) in [5.41, 5.74) is 1.04. The summed E-state index contributed by atoms with van der Waals surface area (Å²) in [5, 5.41) is 3.44. The molecule has 2 saturated heterocycles. The molecule has 1 N–H and O–H groups in total. The highest BCUT2D eigenvalue weighted by molar-refractivity contribution is 5.68. The van der Waals surface area contributed by atoms with Crippen LogP contribution in [0.5, 0.6) is 0 Å². The van der Waals surface area contributed by atoms with Gasteiger partial charge in [-0.15, -0.1) is 0 Å². The van der Waals surface area contributed by atoms with Crippen molar-refractivity contribution in [3.8, 4) is 0 Å². The molecule has 1 amide bonds. The van der Waals surface area contributed by atoms with Crippen LogP contribution in [0.15, 0.2) is 30.3 Å². The number of carbonyl (C=O) groups excluding carboxylic acids is 1. The van der Waals surface area contributed by atoms with Gasteiger partial charge in [0.1, 0.15) is 6.61 Å². The lowest BCUT2D eigenvalue weighted by molar-refractivity contribution is 0.102. The first kappa shape index (κ1) is 19.8. The Kier molecular flexibility index (Phi) is 6.25. The van der Waals surface area contributed by atoms with Crippen LogP contribution in [-0.2, 0) is 11.3 Å². The molecule has 0 unspecified atom stereocenters. The van der Waals surface area contributed by atoms with E-state index in [1.165, 1.54) is 38.8 Å². The Morgan fingerprint density at radius 1 is 0.964 bits per heavy atom. The van der Waals surface area contributed by atoms with E-state index >= 15 is 0 Å². The lowest BCUT2D eigenvalue weighted by atomic mass is 9.93. The standard InChI is InChI=1S/C16H21NO2.C8H15N/c1-12-9-17(10-15(12)14-7-8-14)16(18)19-11-13-5-3-2-4-6-13;1-6-4-9-5-8(6)7-2-3-7/h2-6,12,14-15H,7-11H2,1H3;6-9H,2-5H2,1H3/t12-,15+;6-,8+/m11/s1. The van der Waals surface area contributed by atoms with Crippen molar-refractivity contribution in [1.82, 2.24) is 10.2 Å². The highest BCUT2D eigenvalue weighted by Gasteiger charge is 2.42. The van der Waals surface area contributed by atoms with Gasteiger partial charge in [-0.25, -0.2) is 4.79 Å². The van der Waals surface area contributed by atoms with Crippen molar-refractivity contribution < 1.29 is 9.53 Å². The topological polar surface area (TPSA) is 41.6 Å². The van der Waals surface area contributed by atoms with Crippen LogP contribution in [0.2, 0.25) is 0 Å². The minimum atomic E-state index is -0.154. The second kappa shape index (κ2) is 8.86. The Morgan fingerprint density at radius 2 is 1.64 bits per heavy atom. The molecule has 28 heavy (non-hydrogen) atoms. The smallest absolute Gasteiger partial charge is 0.410 e. The zero-order chi connectivity index (χ0) is 19.5. The van der Waals surface area contributed by atoms with E-state index in [1.54, 1.807) is 0 Å². The average Bonchev–Trinajstić information content (AvgIpc) is 3.64. The molecule has 0 bridgehead atoms. The van der Waals surface area contributed by atoms with Gasteiger partial charge in [0, 0.05) is 13.1 Å². The number of benzene rings is 1. The summed E-state index contributed by atoms with van der Waals surface area (Å²) in [7, 11) is 0. The fraction of sp³-hybridized carbons (Fsp3) is 0.708. The molecule has 4 atom stereocenters. The van der Waals surface area contributed by atoms with E-state index in [9.17, 15) is 4.79 Å². The number of nitrogens with one attached hydrogen (secondary N) is 1. The third-order valence-corrected chi connectivity index (χ3v) is 7.17. The van der Waals surface area contributed by atoms with Gasteiger partial charge in [-0.05, 0) is 79.8 Å². The van der Waals surface area contributed by atoms with Crippen LogP contribution in [-0.4, -0.2) is 37.2 Å². The molecule has 5 rings (SSSR count). The van der Waals surface area contributed by atoms with E-state index in [0.717, 1.165) is 42.3 Å². The van der Waals surface area contributed by atoms with E-state index in [1.807, 2.05) is 35.2 Å². The number of amides is 1. The molecule has 0 aromatic heterocycles. The number of rotatable bonds is 4. The lowest BCUT2D eigenvalue weighted by Crippen LogP contribution is -2.29. The molecule has 2 aliphatic heterocycles. The summed E-state index contributed by atoms with van der Waals surface area (Å²) in [6.07, 6.45) is 5.57. The molecule has 4 aliphatic rings. The Hall–Kier alpha value is -1.55. The number of likely N-dealkylation sites (tertiary alicyclic amines) is 1. The van der Waals surface area contributed by atoms with E-state index in [4.69, 9.17) is 4.74 Å². The maximum atomic E-state index is 12.1. The second-order valence-electron chi connectivity index (χ2n) is 9.56. The van der Waals surface area contributed by atoms with Crippen molar-refractivity contribution in [2.75, 3.05) is 26.2 Å². The quantitative estimate of drug-likeness (QED) is 0.828. The zero-order valence-corrected chi connectivity index (χ0v) is 17.5. The van der Waals surface area contributed by atoms with Crippen LogP contribution >= 0.6 is 0 Å². The maximum absolute atomic E-state index is 12.1. The van der Waals surface area contributed by atoms with Crippen molar-refractivity contribution in [2.45, 2.75) is 46.1 Å². The van der Waals surface area contributed by atoms with E-state index in [0.29, 0.717) is 18.4 Å². The Balaban J connectivity index is 0.000000177. The SMILES string of the molecule is C[C@@H]1CN(C(=O)OCc2ccccc2)C[C@@H]1C1CC1.C[C@@H]1CNC[C@@H]1C1CC1. The van der Waals surface area contributed by atoms with Gasteiger partial charge in [0.15, 0.2) is 0 Å². The summed E-state index contributed by atoms with van der Waals surface area (Å²) in [5.74, 6) is 5.28. The van der Waals surface area contributed by atoms with Crippen LogP contribution in [0.3, 0.4) is 0 Å². The lowest BCUT2D eigenvalue weighted by Gasteiger charge is -2.16. The van der Waals surface area contributed by atoms with Gasteiger partial charge in [0.25, 0.3) is 0 Å². The largest absolute Gasteiger partial charge is 0.445 e. The summed E-state index contributed by atoms with van der Waals surface area (Å²) in [4.78, 5) is 13.9. The fourth-order valence-electron chi connectivity index (χ4n) is 5.08. The van der Waals surface area contributed by atoms with Crippen molar-refractivity contribution in [1.29, 1.82) is 0 Å². The van der Waals surface area contributed by atoms with Crippen LogP contribution in [0.4, 0.5) is 4.79 Å². The molecule has 2 aliphatic carbocycles. The predicted molar refractivity (Wildman–Crippen MR) is 112 cm³/mol. The van der Waals surface area contributed by atoms with Crippen LogP contribution in [0, 0.1) is 35.5 Å². The van der Waals surface area contributed by atoms with Crippen molar-refractivity contribution in [3.05, 3.63) is 35.9 Å². The van der Waals surface area contributed by atoms with Crippen molar-refractivity contribution >= 4 is 6.09 Å². The summed E-state index contributed by atoms with van der Waals surface area (Å²) in [6.45, 7) is 9.32. The third-order valence-electron chi connectivity index (χ3n) is 7.17. The molecule has 4 nitrogen and oxygen atoms in total. The van der Waals surface area contributed by atoms with E-state index in [2.05, 4.69) is 19.2 Å². The van der Waals surface area contributed by atoms with Crippen molar-refractivity contribution in [3.63, 3.8) is 0 Å². The Labute approximate surface area is 170 Å². The molecule has 154 valence electrons. The molecule has 0 spiro atoms. The van der Waals surface area contributed by atoms with Gasteiger partial charge in [-0.2, -0.15) is 0 Å². The molecule has 4 fully saturated rings. The number of hydrogen-bond acceptors (Lipinski definition) is 3. The molecule has 4 heteroatoms.